The molecule has 0 atom stereocenters. The molecular weight excluding hydrogens is 344 g/mol. The predicted octanol–water partition coefficient (Wildman–Crippen LogP) is 1.01. The van der Waals surface area contributed by atoms with Gasteiger partial charge in [0.15, 0.2) is 0 Å². The van der Waals surface area contributed by atoms with Crippen LogP contribution in [-0.4, -0.2) is 75.0 Å². The lowest BCUT2D eigenvalue weighted by molar-refractivity contribution is -0.142. The van der Waals surface area contributed by atoms with Crippen LogP contribution in [0, 0.1) is 0 Å². The minimum Gasteiger partial charge on any atom is -0.460 e. The van der Waals surface area contributed by atoms with E-state index in [1.54, 1.807) is 13.8 Å². The predicted molar refractivity (Wildman–Crippen MR) is 96.6 cm³/mol. The number of hydrogen-bond acceptors (Lipinski definition) is 8. The van der Waals surface area contributed by atoms with Gasteiger partial charge in [-0.3, -0.25) is 0 Å². The van der Waals surface area contributed by atoms with Crippen LogP contribution in [0.4, 0.5) is 0 Å². The third kappa shape index (κ3) is 20.3. The van der Waals surface area contributed by atoms with Crippen molar-refractivity contribution in [2.24, 2.45) is 0 Å². The second-order valence-electron chi connectivity index (χ2n) is 5.21. The summed E-state index contributed by atoms with van der Waals surface area (Å²) in [5, 5.41) is 16.2. The Morgan fingerprint density at radius 1 is 0.692 bits per heavy atom. The summed E-state index contributed by atoms with van der Waals surface area (Å²) in [5.74, 6) is -0.853. The Kier molecular flexibility index (Phi) is 20.0. The van der Waals surface area contributed by atoms with Crippen LogP contribution in [0.2, 0.25) is 0 Å². The normalized spacial score (nSPS) is 9.69. The number of unbranched alkanes of at least 4 members (excludes halogenated alkanes) is 1. The van der Waals surface area contributed by atoms with Crippen molar-refractivity contribution in [3.05, 3.63) is 24.3 Å². The van der Waals surface area contributed by atoms with Crippen molar-refractivity contribution >= 4 is 11.9 Å². The molecule has 0 aromatic carbocycles. The van der Waals surface area contributed by atoms with Crippen molar-refractivity contribution in [2.75, 3.05) is 52.9 Å². The van der Waals surface area contributed by atoms with Crippen LogP contribution in [0.3, 0.4) is 0 Å². The molecule has 8 heteroatoms. The number of carbonyl (C=O) groups excluding carboxylic acids is 2. The Labute approximate surface area is 155 Å². The molecule has 0 bridgehead atoms. The summed E-state index contributed by atoms with van der Waals surface area (Å²) in [7, 11) is 0. The summed E-state index contributed by atoms with van der Waals surface area (Å²) in [4.78, 5) is 22.0. The molecule has 0 fully saturated rings. The number of hydrogen-bond donors (Lipinski definition) is 2. The number of aliphatic hydroxyl groups excluding tert-OH is 2. The molecule has 0 amide bonds. The largest absolute Gasteiger partial charge is 0.460 e. The quantitative estimate of drug-likeness (QED) is 0.262. The van der Waals surface area contributed by atoms with Gasteiger partial charge in [-0.25, -0.2) is 9.59 Å². The van der Waals surface area contributed by atoms with Crippen LogP contribution in [-0.2, 0) is 28.5 Å². The molecule has 26 heavy (non-hydrogen) atoms. The van der Waals surface area contributed by atoms with E-state index in [2.05, 4.69) is 13.2 Å². The minimum absolute atomic E-state index is 0.182. The van der Waals surface area contributed by atoms with Crippen molar-refractivity contribution in [1.29, 1.82) is 0 Å². The molecule has 0 spiro atoms. The average molecular weight is 376 g/mol. The van der Waals surface area contributed by atoms with Gasteiger partial charge in [0.2, 0.25) is 0 Å². The number of carbonyl (C=O) groups is 2. The van der Waals surface area contributed by atoms with E-state index in [0.29, 0.717) is 37.6 Å². The molecule has 2 N–H and O–H groups in total. The van der Waals surface area contributed by atoms with Crippen molar-refractivity contribution in [3.63, 3.8) is 0 Å². The Morgan fingerprint density at radius 3 is 1.27 bits per heavy atom. The van der Waals surface area contributed by atoms with Gasteiger partial charge in [0, 0.05) is 24.4 Å². The maximum atomic E-state index is 11.0. The molecule has 0 aliphatic carbocycles. The highest BCUT2D eigenvalue weighted by Crippen LogP contribution is 1.93. The fraction of sp³-hybridized carbons (Fsp3) is 0.667. The van der Waals surface area contributed by atoms with Gasteiger partial charge in [-0.1, -0.05) is 13.2 Å². The van der Waals surface area contributed by atoms with E-state index in [9.17, 15) is 9.59 Å². The first-order valence-corrected chi connectivity index (χ1v) is 8.39. The standard InChI is InChI=1S/C14H22O6.C4H10O2/c1-11(2)13(15)19-9-7-17-5-6-18-8-10-20-14(16)12(3)4;5-3-1-2-4-6/h1,3,5-10H2,2,4H3;5-6H,1-4H2. The van der Waals surface area contributed by atoms with Crippen LogP contribution in [0.15, 0.2) is 24.3 Å². The molecule has 0 unspecified atom stereocenters. The lowest BCUT2D eigenvalue weighted by atomic mass is 10.3. The average Bonchev–Trinajstić information content (AvgIpc) is 2.61. The fourth-order valence-electron chi connectivity index (χ4n) is 1.18. The van der Waals surface area contributed by atoms with Crippen LogP contribution in [0.5, 0.6) is 0 Å². The first-order chi connectivity index (χ1) is 12.4. The molecule has 152 valence electrons. The first kappa shape index (κ1) is 26.5. The van der Waals surface area contributed by atoms with Gasteiger partial charge in [0.1, 0.15) is 13.2 Å². The number of esters is 2. The molecule has 0 aliphatic heterocycles. The topological polar surface area (TPSA) is 112 Å². The van der Waals surface area contributed by atoms with E-state index in [-0.39, 0.29) is 26.4 Å². The molecule has 0 heterocycles. The van der Waals surface area contributed by atoms with Gasteiger partial charge < -0.3 is 29.2 Å². The van der Waals surface area contributed by atoms with E-state index < -0.39 is 11.9 Å². The molecule has 0 aromatic rings. The van der Waals surface area contributed by atoms with Gasteiger partial charge in [-0.05, 0) is 26.7 Å². The summed E-state index contributed by atoms with van der Waals surface area (Å²) in [5.41, 5.74) is 0.718. The summed E-state index contributed by atoms with van der Waals surface area (Å²) >= 11 is 0. The molecule has 8 nitrogen and oxygen atoms in total. The SMILES string of the molecule is C=C(C)C(=O)OCCOCCOCCOC(=O)C(=C)C.OCCCCO. The minimum atomic E-state index is -0.427. The molecular formula is C18H32O8. The van der Waals surface area contributed by atoms with E-state index in [4.69, 9.17) is 29.2 Å². The van der Waals surface area contributed by atoms with Gasteiger partial charge >= 0.3 is 11.9 Å². The molecule has 0 aromatic heterocycles. The Balaban J connectivity index is 0. The van der Waals surface area contributed by atoms with Gasteiger partial charge in [0.25, 0.3) is 0 Å². The maximum Gasteiger partial charge on any atom is 0.333 e. The van der Waals surface area contributed by atoms with Gasteiger partial charge in [-0.15, -0.1) is 0 Å². The summed E-state index contributed by atoms with van der Waals surface area (Å²) in [6.07, 6.45) is 1.44. The number of rotatable bonds is 14. The molecule has 0 radical (unpaired) electrons. The van der Waals surface area contributed by atoms with Crippen molar-refractivity contribution in [1.82, 2.24) is 0 Å². The second-order valence-corrected chi connectivity index (χ2v) is 5.21. The van der Waals surface area contributed by atoms with Gasteiger partial charge in [0.05, 0.1) is 26.4 Å². The summed E-state index contributed by atoms with van der Waals surface area (Å²) < 4.78 is 20.0. The molecule has 0 rings (SSSR count). The monoisotopic (exact) mass is 376 g/mol. The third-order valence-corrected chi connectivity index (χ3v) is 2.56. The lowest BCUT2D eigenvalue weighted by Crippen LogP contribution is -2.15. The second kappa shape index (κ2) is 19.6. The van der Waals surface area contributed by atoms with E-state index in [0.717, 1.165) is 12.8 Å². The zero-order chi connectivity index (χ0) is 20.2. The van der Waals surface area contributed by atoms with Crippen LogP contribution in [0.1, 0.15) is 26.7 Å². The van der Waals surface area contributed by atoms with Crippen LogP contribution < -0.4 is 0 Å². The van der Waals surface area contributed by atoms with Crippen LogP contribution >= 0.6 is 0 Å². The highest BCUT2D eigenvalue weighted by molar-refractivity contribution is 5.87. The van der Waals surface area contributed by atoms with E-state index in [1.807, 2.05) is 0 Å². The Morgan fingerprint density at radius 2 is 1.00 bits per heavy atom. The highest BCUT2D eigenvalue weighted by Gasteiger charge is 2.03. The summed E-state index contributed by atoms with van der Waals surface area (Å²) in [6.45, 7) is 12.2. The zero-order valence-corrected chi connectivity index (χ0v) is 15.8. The van der Waals surface area contributed by atoms with Crippen molar-refractivity contribution < 1.29 is 38.7 Å². The fourth-order valence-corrected chi connectivity index (χ4v) is 1.18. The zero-order valence-electron chi connectivity index (χ0n) is 15.8. The van der Waals surface area contributed by atoms with Crippen molar-refractivity contribution in [2.45, 2.75) is 26.7 Å². The lowest BCUT2D eigenvalue weighted by Gasteiger charge is -2.07. The highest BCUT2D eigenvalue weighted by atomic mass is 16.6. The Hall–Kier alpha value is -1.74. The smallest absolute Gasteiger partial charge is 0.333 e. The van der Waals surface area contributed by atoms with E-state index in [1.165, 1.54) is 0 Å². The molecule has 0 aliphatic rings. The van der Waals surface area contributed by atoms with Crippen molar-refractivity contribution in [3.8, 4) is 0 Å². The van der Waals surface area contributed by atoms with E-state index >= 15 is 0 Å². The third-order valence-electron chi connectivity index (χ3n) is 2.56. The van der Waals surface area contributed by atoms with Crippen LogP contribution in [0.25, 0.3) is 0 Å². The molecule has 0 saturated heterocycles. The maximum absolute atomic E-state index is 11.0. The summed E-state index contributed by atoms with van der Waals surface area (Å²) in [6, 6.07) is 0. The first-order valence-electron chi connectivity index (χ1n) is 8.39. The molecule has 0 saturated carbocycles. The number of ether oxygens (including phenoxy) is 4. The van der Waals surface area contributed by atoms with Gasteiger partial charge in [-0.2, -0.15) is 0 Å². The number of aliphatic hydroxyl groups is 2. The Bertz CT molecular complexity index is 368.